The molecule has 0 aliphatic heterocycles. The van der Waals surface area contributed by atoms with Gasteiger partial charge in [0.1, 0.15) is 11.6 Å². The van der Waals surface area contributed by atoms with Gasteiger partial charge >= 0.3 is 0 Å². The summed E-state index contributed by atoms with van der Waals surface area (Å²) >= 11 is 12.8. The molecule has 0 aliphatic rings. The van der Waals surface area contributed by atoms with Gasteiger partial charge in [-0.25, -0.2) is 0 Å². The molecule has 2 rings (SSSR count). The van der Waals surface area contributed by atoms with Crippen molar-refractivity contribution < 1.29 is 9.53 Å². The van der Waals surface area contributed by atoms with E-state index < -0.39 is 0 Å². The molecule has 2 aromatic carbocycles. The van der Waals surface area contributed by atoms with Crippen LogP contribution in [0.3, 0.4) is 0 Å². The lowest BCUT2D eigenvalue weighted by molar-refractivity contribution is -0.119. The van der Waals surface area contributed by atoms with Gasteiger partial charge in [0.15, 0.2) is 0 Å². The molecule has 0 atom stereocenters. The molecule has 4 nitrogen and oxygen atoms in total. The summed E-state index contributed by atoms with van der Waals surface area (Å²) in [6.07, 6.45) is 0.0312. The number of hydrogen-bond acceptors (Lipinski definition) is 3. The minimum Gasteiger partial charge on any atom is -0.497 e. The van der Waals surface area contributed by atoms with Crippen LogP contribution in [0.4, 0.5) is 0 Å². The Kier molecular flexibility index (Phi) is 6.34. The Hall–Kier alpha value is -2.17. The number of hydrogen-bond donors (Lipinski definition) is 2. The maximum Gasteiger partial charge on any atom is 0.229 e. The number of carbonyl (C=O) groups excluding carboxylic acids is 1. The highest BCUT2D eigenvalue weighted by Crippen LogP contribution is 2.36. The topological polar surface area (TPSA) is 64.3 Å². The predicted molar refractivity (Wildman–Crippen MR) is 103 cm³/mol. The summed E-state index contributed by atoms with van der Waals surface area (Å²) in [6, 6.07) is 11.1. The fourth-order valence-corrected chi connectivity index (χ4v) is 2.87. The number of ether oxygens (including phenoxy) is 1. The lowest BCUT2D eigenvalue weighted by Crippen LogP contribution is -2.29. The number of amides is 1. The molecule has 0 unspecified atom stereocenters. The Labute approximate surface area is 157 Å². The van der Waals surface area contributed by atoms with E-state index in [1.54, 1.807) is 13.2 Å². The number of carbonyl (C=O) groups is 1. The van der Waals surface area contributed by atoms with Crippen LogP contribution in [0.25, 0.3) is 11.1 Å². The molecule has 1 amide bonds. The Bertz CT molecular complexity index is 828. The average molecular weight is 379 g/mol. The quantitative estimate of drug-likeness (QED) is 0.802. The van der Waals surface area contributed by atoms with Crippen LogP contribution in [0, 0.1) is 0 Å². The molecule has 6 heteroatoms. The molecule has 0 saturated carbocycles. The van der Waals surface area contributed by atoms with E-state index in [0.29, 0.717) is 21.4 Å². The molecule has 132 valence electrons. The monoisotopic (exact) mass is 378 g/mol. The first-order valence-electron chi connectivity index (χ1n) is 7.67. The molecule has 0 aromatic heterocycles. The summed E-state index contributed by atoms with van der Waals surface area (Å²) in [6.45, 7) is 3.64. The Morgan fingerprint density at radius 1 is 1.20 bits per heavy atom. The molecule has 3 N–H and O–H groups in total. The second-order valence-electron chi connectivity index (χ2n) is 5.76. The minimum atomic E-state index is -0.273. The van der Waals surface area contributed by atoms with Crippen LogP contribution in [-0.4, -0.2) is 13.0 Å². The van der Waals surface area contributed by atoms with E-state index in [1.807, 2.05) is 44.2 Å². The number of halogens is 2. The van der Waals surface area contributed by atoms with Crippen molar-refractivity contribution in [1.29, 1.82) is 0 Å². The third-order valence-electron chi connectivity index (χ3n) is 3.72. The maximum atomic E-state index is 12.2. The number of methoxy groups -OCH3 is 1. The van der Waals surface area contributed by atoms with Gasteiger partial charge in [0.05, 0.1) is 18.6 Å². The fraction of sp³-hybridized carbons (Fsp3) is 0.211. The van der Waals surface area contributed by atoms with Gasteiger partial charge in [-0.1, -0.05) is 41.4 Å². The van der Waals surface area contributed by atoms with E-state index in [9.17, 15) is 4.79 Å². The smallest absolute Gasteiger partial charge is 0.229 e. The first-order valence-corrected chi connectivity index (χ1v) is 8.43. The fourth-order valence-electron chi connectivity index (χ4n) is 2.25. The third-order valence-corrected chi connectivity index (χ3v) is 4.50. The largest absolute Gasteiger partial charge is 0.497 e. The van der Waals surface area contributed by atoms with E-state index in [-0.39, 0.29) is 12.3 Å². The Morgan fingerprint density at radius 3 is 2.56 bits per heavy atom. The van der Waals surface area contributed by atoms with Gasteiger partial charge in [0.2, 0.25) is 5.91 Å². The van der Waals surface area contributed by atoms with Crippen molar-refractivity contribution in [3.63, 3.8) is 0 Å². The van der Waals surface area contributed by atoms with Gasteiger partial charge in [0, 0.05) is 10.6 Å². The van der Waals surface area contributed by atoms with E-state index in [1.165, 1.54) is 0 Å². The van der Waals surface area contributed by atoms with Gasteiger partial charge in [0.25, 0.3) is 0 Å². The molecular weight excluding hydrogens is 359 g/mol. The molecule has 2 aromatic rings. The van der Waals surface area contributed by atoms with Crippen LogP contribution in [0.15, 0.2) is 47.8 Å². The highest BCUT2D eigenvalue weighted by atomic mass is 35.5. The van der Waals surface area contributed by atoms with E-state index >= 15 is 0 Å². The Balaban J connectivity index is 2.37. The zero-order valence-corrected chi connectivity index (χ0v) is 15.8. The second kappa shape index (κ2) is 8.28. The molecule has 0 aliphatic carbocycles. The number of allylic oxidation sites excluding steroid dienone is 1. The van der Waals surface area contributed by atoms with Gasteiger partial charge in [-0.15, -0.1) is 0 Å². The van der Waals surface area contributed by atoms with E-state index in [2.05, 4.69) is 5.32 Å². The van der Waals surface area contributed by atoms with Gasteiger partial charge in [-0.3, -0.25) is 4.79 Å². The highest BCUT2D eigenvalue weighted by molar-refractivity contribution is 6.38. The van der Waals surface area contributed by atoms with Crippen molar-refractivity contribution in [2.75, 3.05) is 7.11 Å². The van der Waals surface area contributed by atoms with E-state index in [0.717, 1.165) is 22.4 Å². The molecule has 25 heavy (non-hydrogen) atoms. The van der Waals surface area contributed by atoms with Crippen molar-refractivity contribution in [1.82, 2.24) is 5.32 Å². The normalized spacial score (nSPS) is 10.3. The predicted octanol–water partition coefficient (Wildman–Crippen LogP) is 4.54. The molecule has 0 spiro atoms. The van der Waals surface area contributed by atoms with Crippen molar-refractivity contribution in [2.45, 2.75) is 20.3 Å². The molecule has 0 bridgehead atoms. The second-order valence-corrected chi connectivity index (χ2v) is 6.54. The molecular formula is C19H20Cl2N2O2. The summed E-state index contributed by atoms with van der Waals surface area (Å²) in [7, 11) is 1.60. The summed E-state index contributed by atoms with van der Waals surface area (Å²) < 4.78 is 5.25. The van der Waals surface area contributed by atoms with Crippen LogP contribution in [0.1, 0.15) is 19.4 Å². The summed E-state index contributed by atoms with van der Waals surface area (Å²) in [5.74, 6) is 0.783. The van der Waals surface area contributed by atoms with E-state index in [4.69, 9.17) is 33.7 Å². The van der Waals surface area contributed by atoms with Crippen molar-refractivity contribution >= 4 is 29.1 Å². The minimum absolute atomic E-state index is 0.0312. The SMILES string of the molecule is COc1cccc(-c2ccc(Cl)c(CC(=O)NC(N)=C(C)C)c2Cl)c1. The molecule has 0 heterocycles. The summed E-state index contributed by atoms with van der Waals surface area (Å²) in [5, 5.41) is 3.51. The van der Waals surface area contributed by atoms with Crippen LogP contribution < -0.4 is 15.8 Å². The van der Waals surface area contributed by atoms with Crippen molar-refractivity contribution in [3.8, 4) is 16.9 Å². The number of nitrogens with one attached hydrogen (secondary N) is 1. The van der Waals surface area contributed by atoms with Crippen LogP contribution >= 0.6 is 23.2 Å². The number of benzene rings is 2. The third kappa shape index (κ3) is 4.68. The Morgan fingerprint density at radius 2 is 1.92 bits per heavy atom. The zero-order valence-electron chi connectivity index (χ0n) is 14.3. The number of nitrogens with two attached hydrogens (primary N) is 1. The van der Waals surface area contributed by atoms with Crippen molar-refractivity contribution in [3.05, 3.63) is 63.4 Å². The van der Waals surface area contributed by atoms with Gasteiger partial charge in [-0.05, 0) is 48.7 Å². The summed E-state index contributed by atoms with van der Waals surface area (Å²) in [4.78, 5) is 12.2. The average Bonchev–Trinajstić information content (AvgIpc) is 2.58. The number of rotatable bonds is 5. The lowest BCUT2D eigenvalue weighted by Gasteiger charge is -2.13. The van der Waals surface area contributed by atoms with Crippen LogP contribution in [0.2, 0.25) is 10.0 Å². The molecule has 0 fully saturated rings. The first kappa shape index (κ1) is 19.2. The van der Waals surface area contributed by atoms with Crippen LogP contribution in [0.5, 0.6) is 5.75 Å². The van der Waals surface area contributed by atoms with Crippen LogP contribution in [-0.2, 0) is 11.2 Å². The highest BCUT2D eigenvalue weighted by Gasteiger charge is 2.16. The van der Waals surface area contributed by atoms with Gasteiger partial charge < -0.3 is 15.8 Å². The lowest BCUT2D eigenvalue weighted by atomic mass is 10.0. The maximum absolute atomic E-state index is 12.2. The van der Waals surface area contributed by atoms with Gasteiger partial charge in [-0.2, -0.15) is 0 Å². The molecule has 0 radical (unpaired) electrons. The molecule has 0 saturated heterocycles. The zero-order chi connectivity index (χ0) is 18.6. The standard InChI is InChI=1S/C19H20Cl2N2O2/c1-11(2)19(22)23-17(24)10-15-16(20)8-7-14(18(15)21)12-5-4-6-13(9-12)25-3/h4-9H,10,22H2,1-3H3,(H,23,24). The first-order chi connectivity index (χ1) is 11.8. The van der Waals surface area contributed by atoms with Crippen molar-refractivity contribution in [2.24, 2.45) is 5.73 Å². The summed E-state index contributed by atoms with van der Waals surface area (Å²) in [5.41, 5.74) is 8.82.